The Labute approximate surface area is 68.6 Å². The van der Waals surface area contributed by atoms with E-state index in [2.05, 4.69) is 12.6 Å². The first-order valence-electron chi connectivity index (χ1n) is 3.78. The number of carbonyl (C=O) groups excluding carboxylic acids is 1. The number of rotatable bonds is 4. The molecule has 0 radical (unpaired) electrons. The van der Waals surface area contributed by atoms with Crippen molar-refractivity contribution >= 4 is 18.4 Å². The zero-order chi connectivity index (χ0) is 8.15. The summed E-state index contributed by atoms with van der Waals surface area (Å²) in [5.74, 6) is 0.555. The van der Waals surface area contributed by atoms with E-state index in [-0.39, 0.29) is 11.2 Å². The molecule has 0 saturated heterocycles. The minimum atomic E-state index is 0.210. The molecule has 1 nitrogen and oxygen atoms in total. The summed E-state index contributed by atoms with van der Waals surface area (Å²) >= 11 is 4.15. The van der Waals surface area contributed by atoms with Gasteiger partial charge in [-0.1, -0.05) is 20.8 Å². The van der Waals surface area contributed by atoms with Crippen molar-refractivity contribution in [3.8, 4) is 0 Å². The van der Waals surface area contributed by atoms with Crippen LogP contribution in [-0.4, -0.2) is 11.0 Å². The molecule has 0 amide bonds. The second kappa shape index (κ2) is 4.78. The fourth-order valence-corrected chi connectivity index (χ4v) is 0.900. The van der Waals surface area contributed by atoms with E-state index in [9.17, 15) is 4.79 Å². The highest BCUT2D eigenvalue weighted by molar-refractivity contribution is 7.80. The van der Waals surface area contributed by atoms with E-state index >= 15 is 0 Å². The molecule has 10 heavy (non-hydrogen) atoms. The third-order valence-electron chi connectivity index (χ3n) is 1.66. The molecule has 60 valence electrons. The summed E-state index contributed by atoms with van der Waals surface area (Å²) in [6.07, 6.45) is 1.55. The molecule has 0 rings (SSSR count). The van der Waals surface area contributed by atoms with E-state index in [4.69, 9.17) is 0 Å². The molecule has 0 saturated carbocycles. The molecule has 0 fully saturated rings. The maximum Gasteiger partial charge on any atom is 0.136 e. The van der Waals surface area contributed by atoms with Gasteiger partial charge in [0.1, 0.15) is 5.78 Å². The van der Waals surface area contributed by atoms with Gasteiger partial charge in [-0.15, -0.1) is 0 Å². The Morgan fingerprint density at radius 3 is 2.30 bits per heavy atom. The molecule has 2 heteroatoms. The van der Waals surface area contributed by atoms with Gasteiger partial charge in [-0.25, -0.2) is 0 Å². The molecule has 0 unspecified atom stereocenters. The number of carbonyl (C=O) groups is 1. The number of hydrogen-bond acceptors (Lipinski definition) is 2. The highest BCUT2D eigenvalue weighted by Crippen LogP contribution is 2.09. The molecule has 0 N–H and O–H groups in total. The van der Waals surface area contributed by atoms with Crippen molar-refractivity contribution in [1.29, 1.82) is 0 Å². The van der Waals surface area contributed by atoms with Crippen LogP contribution in [0.1, 0.15) is 33.6 Å². The lowest BCUT2D eigenvalue weighted by molar-refractivity contribution is -0.122. The highest BCUT2D eigenvalue weighted by Gasteiger charge is 2.11. The molecular formula is C8H16OS. The van der Waals surface area contributed by atoms with E-state index in [0.717, 1.165) is 6.42 Å². The van der Waals surface area contributed by atoms with Gasteiger partial charge < -0.3 is 0 Å². The quantitative estimate of drug-likeness (QED) is 0.624. The monoisotopic (exact) mass is 160 g/mol. The smallest absolute Gasteiger partial charge is 0.136 e. The maximum absolute atomic E-state index is 11.1. The van der Waals surface area contributed by atoms with Crippen LogP contribution < -0.4 is 0 Å². The van der Waals surface area contributed by atoms with Crippen LogP contribution in [0, 0.1) is 5.92 Å². The van der Waals surface area contributed by atoms with E-state index in [0.29, 0.717) is 12.2 Å². The second-order valence-electron chi connectivity index (χ2n) is 2.83. The molecule has 0 aliphatic rings. The zero-order valence-corrected chi connectivity index (χ0v) is 7.82. The van der Waals surface area contributed by atoms with Crippen LogP contribution in [0.3, 0.4) is 0 Å². The van der Waals surface area contributed by atoms with Crippen LogP contribution in [0.4, 0.5) is 0 Å². The summed E-state index contributed by atoms with van der Waals surface area (Å²) in [7, 11) is 0. The average molecular weight is 160 g/mol. The molecule has 0 aromatic heterocycles. The third-order valence-corrected chi connectivity index (χ3v) is 1.84. The summed E-state index contributed by atoms with van der Waals surface area (Å²) < 4.78 is 0. The predicted octanol–water partition coefficient (Wildman–Crippen LogP) is 2.31. The van der Waals surface area contributed by atoms with Gasteiger partial charge in [-0.2, -0.15) is 12.6 Å². The van der Waals surface area contributed by atoms with Gasteiger partial charge in [0.05, 0.1) is 0 Å². The van der Waals surface area contributed by atoms with Crippen molar-refractivity contribution in [3.63, 3.8) is 0 Å². The Kier molecular flexibility index (Phi) is 4.79. The Hall–Kier alpha value is 0.0200. The van der Waals surface area contributed by atoms with Gasteiger partial charge in [0, 0.05) is 17.6 Å². The summed E-state index contributed by atoms with van der Waals surface area (Å²) in [5.41, 5.74) is 0. The van der Waals surface area contributed by atoms with E-state index in [1.165, 1.54) is 0 Å². The third kappa shape index (κ3) is 3.94. The number of ketones is 1. The van der Waals surface area contributed by atoms with Crippen LogP contribution in [0.5, 0.6) is 0 Å². The van der Waals surface area contributed by atoms with Gasteiger partial charge in [-0.05, 0) is 6.42 Å². The molecule has 0 spiro atoms. The fourth-order valence-electron chi connectivity index (χ4n) is 0.720. The minimum absolute atomic E-state index is 0.210. The van der Waals surface area contributed by atoms with Crippen LogP contribution in [0.15, 0.2) is 0 Å². The molecule has 0 heterocycles. The van der Waals surface area contributed by atoms with E-state index < -0.39 is 0 Å². The molecule has 0 aromatic rings. The van der Waals surface area contributed by atoms with Crippen molar-refractivity contribution in [2.75, 3.05) is 0 Å². The SMILES string of the molecule is CC[C@@H](C)C(=O)C[C@@H](C)S. The Bertz CT molecular complexity index is 110. The highest BCUT2D eigenvalue weighted by atomic mass is 32.1. The summed E-state index contributed by atoms with van der Waals surface area (Å²) in [4.78, 5) is 11.1. The molecule has 0 aliphatic carbocycles. The van der Waals surface area contributed by atoms with Crippen LogP contribution in [0.2, 0.25) is 0 Å². The van der Waals surface area contributed by atoms with Crippen molar-refractivity contribution in [2.45, 2.75) is 38.9 Å². The van der Waals surface area contributed by atoms with Gasteiger partial charge in [0.25, 0.3) is 0 Å². The van der Waals surface area contributed by atoms with Gasteiger partial charge in [-0.3, -0.25) is 4.79 Å². The molecule has 0 aromatic carbocycles. The van der Waals surface area contributed by atoms with Crippen LogP contribution in [-0.2, 0) is 4.79 Å². The standard InChI is InChI=1S/C8H16OS/c1-4-6(2)8(9)5-7(3)10/h6-7,10H,4-5H2,1-3H3/t6-,7-/m1/s1. The average Bonchev–Trinajstić information content (AvgIpc) is 1.85. The van der Waals surface area contributed by atoms with E-state index in [1.54, 1.807) is 0 Å². The molecule has 2 atom stereocenters. The Balaban J connectivity index is 3.62. The van der Waals surface area contributed by atoms with Gasteiger partial charge >= 0.3 is 0 Å². The fraction of sp³-hybridized carbons (Fsp3) is 0.875. The first-order valence-corrected chi connectivity index (χ1v) is 4.30. The number of hydrogen-bond donors (Lipinski definition) is 1. The van der Waals surface area contributed by atoms with Crippen molar-refractivity contribution in [2.24, 2.45) is 5.92 Å². The van der Waals surface area contributed by atoms with Gasteiger partial charge in [0.2, 0.25) is 0 Å². The van der Waals surface area contributed by atoms with Crippen molar-refractivity contribution in [3.05, 3.63) is 0 Å². The lowest BCUT2D eigenvalue weighted by Gasteiger charge is -2.07. The second-order valence-corrected chi connectivity index (χ2v) is 3.71. The summed E-state index contributed by atoms with van der Waals surface area (Å²) in [6.45, 7) is 5.95. The van der Waals surface area contributed by atoms with E-state index in [1.807, 2.05) is 20.8 Å². The first kappa shape index (κ1) is 10.0. The Morgan fingerprint density at radius 1 is 1.50 bits per heavy atom. The van der Waals surface area contributed by atoms with Gasteiger partial charge in [0.15, 0.2) is 0 Å². The van der Waals surface area contributed by atoms with Crippen molar-refractivity contribution in [1.82, 2.24) is 0 Å². The summed E-state index contributed by atoms with van der Waals surface area (Å²) in [6, 6.07) is 0. The molecular weight excluding hydrogens is 144 g/mol. The molecule has 0 bridgehead atoms. The van der Waals surface area contributed by atoms with Crippen LogP contribution >= 0.6 is 12.6 Å². The number of thiol groups is 1. The Morgan fingerprint density at radius 2 is 2.00 bits per heavy atom. The normalized spacial score (nSPS) is 16.4. The first-order chi connectivity index (χ1) is 4.57. The lowest BCUT2D eigenvalue weighted by Crippen LogP contribution is -2.13. The van der Waals surface area contributed by atoms with Crippen LogP contribution in [0.25, 0.3) is 0 Å². The zero-order valence-electron chi connectivity index (χ0n) is 6.92. The lowest BCUT2D eigenvalue weighted by atomic mass is 10.0. The maximum atomic E-state index is 11.1. The largest absolute Gasteiger partial charge is 0.299 e. The van der Waals surface area contributed by atoms with Crippen molar-refractivity contribution < 1.29 is 4.79 Å². The minimum Gasteiger partial charge on any atom is -0.299 e. The molecule has 0 aliphatic heterocycles. The predicted molar refractivity (Wildman–Crippen MR) is 47.5 cm³/mol. The number of Topliss-reactive ketones (excluding diaryl/α,β-unsaturated/α-hetero) is 1. The topological polar surface area (TPSA) is 17.1 Å². The summed E-state index contributed by atoms with van der Waals surface area (Å²) in [5, 5.41) is 0.210.